The predicted molar refractivity (Wildman–Crippen MR) is 81.2 cm³/mol. The maximum atomic E-state index is 12.0. The summed E-state index contributed by atoms with van der Waals surface area (Å²) in [5, 5.41) is 4.42. The molecule has 0 unspecified atom stereocenters. The summed E-state index contributed by atoms with van der Waals surface area (Å²) < 4.78 is 0. The third-order valence-electron chi connectivity index (χ3n) is 3.74. The van der Waals surface area contributed by atoms with E-state index in [0.29, 0.717) is 13.0 Å². The van der Waals surface area contributed by atoms with Crippen molar-refractivity contribution in [2.75, 3.05) is 11.4 Å². The van der Waals surface area contributed by atoms with E-state index in [4.69, 9.17) is 0 Å². The Hall–Kier alpha value is -2.43. The van der Waals surface area contributed by atoms with E-state index in [1.807, 2.05) is 18.3 Å². The second-order valence-corrected chi connectivity index (χ2v) is 5.18. The van der Waals surface area contributed by atoms with Gasteiger partial charge in [-0.1, -0.05) is 31.5 Å². The topological polar surface area (TPSA) is 62.3 Å². The summed E-state index contributed by atoms with van der Waals surface area (Å²) in [5.74, 6) is -0.226. The van der Waals surface area contributed by atoms with Crippen LogP contribution in [-0.2, 0) is 11.2 Å². The number of pyridine rings is 1. The van der Waals surface area contributed by atoms with Gasteiger partial charge in [-0.2, -0.15) is 0 Å². The van der Waals surface area contributed by atoms with E-state index in [1.54, 1.807) is 11.1 Å². The van der Waals surface area contributed by atoms with E-state index in [9.17, 15) is 9.59 Å². The number of carbonyl (C=O) groups excluding carboxylic acids is 2. The van der Waals surface area contributed by atoms with Crippen LogP contribution in [0.15, 0.2) is 30.6 Å². The zero-order valence-corrected chi connectivity index (χ0v) is 11.9. The van der Waals surface area contributed by atoms with Crippen LogP contribution in [0.5, 0.6) is 0 Å². The largest absolute Gasteiger partial charge is 0.328 e. The van der Waals surface area contributed by atoms with Gasteiger partial charge >= 0.3 is 6.03 Å². The van der Waals surface area contributed by atoms with Crippen LogP contribution in [0.2, 0.25) is 0 Å². The lowest BCUT2D eigenvalue weighted by Gasteiger charge is -2.27. The van der Waals surface area contributed by atoms with Gasteiger partial charge in [-0.25, -0.2) is 4.79 Å². The minimum atomic E-state index is -0.374. The summed E-state index contributed by atoms with van der Waals surface area (Å²) >= 11 is 0. The molecule has 2 aromatic rings. The van der Waals surface area contributed by atoms with Crippen LogP contribution in [0.3, 0.4) is 0 Å². The number of hydrogen-bond donors (Lipinski definition) is 1. The fourth-order valence-corrected chi connectivity index (χ4v) is 2.74. The molecule has 3 rings (SSSR count). The monoisotopic (exact) mass is 283 g/mol. The van der Waals surface area contributed by atoms with Crippen LogP contribution in [0.25, 0.3) is 10.8 Å². The minimum absolute atomic E-state index is 0.226. The number of anilines is 1. The van der Waals surface area contributed by atoms with Crippen LogP contribution >= 0.6 is 0 Å². The van der Waals surface area contributed by atoms with E-state index < -0.39 is 0 Å². The van der Waals surface area contributed by atoms with Crippen LogP contribution in [0, 0.1) is 0 Å². The number of urea groups is 1. The lowest BCUT2D eigenvalue weighted by molar-refractivity contribution is -0.120. The molecule has 1 aliphatic heterocycles. The molecule has 5 heteroatoms. The van der Waals surface area contributed by atoms with Gasteiger partial charge in [0, 0.05) is 29.9 Å². The lowest BCUT2D eigenvalue weighted by Crippen LogP contribution is -2.49. The van der Waals surface area contributed by atoms with Gasteiger partial charge in [0.2, 0.25) is 5.91 Å². The summed E-state index contributed by atoms with van der Waals surface area (Å²) in [6.45, 7) is 2.53. The highest BCUT2D eigenvalue weighted by Crippen LogP contribution is 2.29. The average Bonchev–Trinajstić information content (AvgIpc) is 2.48. The third kappa shape index (κ3) is 2.46. The molecular weight excluding hydrogens is 266 g/mol. The summed E-state index contributed by atoms with van der Waals surface area (Å²) in [6, 6.07) is 5.72. The molecule has 1 aliphatic rings. The Balaban J connectivity index is 2.09. The van der Waals surface area contributed by atoms with Crippen LogP contribution in [-0.4, -0.2) is 23.5 Å². The summed E-state index contributed by atoms with van der Waals surface area (Å²) in [5.41, 5.74) is 1.99. The van der Waals surface area contributed by atoms with Crippen molar-refractivity contribution in [1.29, 1.82) is 0 Å². The Morgan fingerprint density at radius 2 is 2.10 bits per heavy atom. The summed E-state index contributed by atoms with van der Waals surface area (Å²) in [4.78, 5) is 29.2. The molecule has 1 aromatic carbocycles. The van der Waals surface area contributed by atoms with Gasteiger partial charge in [0.05, 0.1) is 11.9 Å². The molecule has 3 amide bonds. The molecule has 0 radical (unpaired) electrons. The Morgan fingerprint density at radius 1 is 1.24 bits per heavy atom. The van der Waals surface area contributed by atoms with Crippen LogP contribution in [0.4, 0.5) is 10.5 Å². The Morgan fingerprint density at radius 3 is 2.86 bits per heavy atom. The number of rotatable bonds is 3. The molecule has 0 bridgehead atoms. The fourth-order valence-electron chi connectivity index (χ4n) is 2.74. The number of carbonyl (C=O) groups is 2. The SMILES string of the molecule is CCCc1cccc2c(N3CCC(=O)NC3=O)cncc12. The smallest absolute Gasteiger partial charge is 0.291 e. The highest BCUT2D eigenvalue weighted by Gasteiger charge is 2.25. The number of imide groups is 1. The zero-order chi connectivity index (χ0) is 14.8. The van der Waals surface area contributed by atoms with Gasteiger partial charge in [0.25, 0.3) is 0 Å². The van der Waals surface area contributed by atoms with Crippen LogP contribution in [0.1, 0.15) is 25.3 Å². The maximum Gasteiger partial charge on any atom is 0.328 e. The molecule has 1 saturated heterocycles. The fraction of sp³-hybridized carbons (Fsp3) is 0.312. The predicted octanol–water partition coefficient (Wildman–Crippen LogP) is 2.63. The first kappa shape index (κ1) is 13.5. The summed E-state index contributed by atoms with van der Waals surface area (Å²) in [7, 11) is 0. The van der Waals surface area contributed by atoms with Gasteiger partial charge in [0.1, 0.15) is 0 Å². The summed E-state index contributed by atoms with van der Waals surface area (Å²) in [6.07, 6.45) is 5.89. The van der Waals surface area contributed by atoms with Gasteiger partial charge in [-0.3, -0.25) is 20.0 Å². The van der Waals surface area contributed by atoms with E-state index in [0.717, 1.165) is 29.3 Å². The van der Waals surface area contributed by atoms with E-state index in [2.05, 4.69) is 23.3 Å². The van der Waals surface area contributed by atoms with E-state index in [-0.39, 0.29) is 11.9 Å². The Kier molecular flexibility index (Phi) is 3.56. The number of aromatic nitrogens is 1. The van der Waals surface area contributed by atoms with E-state index >= 15 is 0 Å². The molecule has 0 atom stereocenters. The number of aryl methyl sites for hydroxylation is 1. The average molecular weight is 283 g/mol. The van der Waals surface area contributed by atoms with Crippen molar-refractivity contribution in [2.45, 2.75) is 26.2 Å². The Labute approximate surface area is 123 Å². The molecule has 5 nitrogen and oxygen atoms in total. The van der Waals surface area contributed by atoms with Gasteiger partial charge in [0.15, 0.2) is 0 Å². The number of nitrogens with zero attached hydrogens (tertiary/aromatic N) is 2. The lowest BCUT2D eigenvalue weighted by atomic mass is 10.0. The zero-order valence-electron chi connectivity index (χ0n) is 11.9. The second-order valence-electron chi connectivity index (χ2n) is 5.18. The molecule has 108 valence electrons. The highest BCUT2D eigenvalue weighted by atomic mass is 16.2. The maximum absolute atomic E-state index is 12.0. The molecule has 1 aromatic heterocycles. The molecule has 0 saturated carbocycles. The first-order chi connectivity index (χ1) is 10.2. The number of amides is 3. The van der Waals surface area contributed by atoms with E-state index in [1.165, 1.54) is 5.56 Å². The Bertz CT molecular complexity index is 712. The van der Waals surface area contributed by atoms with Crippen molar-refractivity contribution in [3.05, 3.63) is 36.2 Å². The van der Waals surface area contributed by atoms with Crippen molar-refractivity contribution in [2.24, 2.45) is 0 Å². The van der Waals surface area contributed by atoms with Crippen molar-refractivity contribution < 1.29 is 9.59 Å². The van der Waals surface area contributed by atoms with Crippen molar-refractivity contribution in [1.82, 2.24) is 10.3 Å². The second kappa shape index (κ2) is 5.52. The third-order valence-corrected chi connectivity index (χ3v) is 3.74. The van der Waals surface area contributed by atoms with Crippen molar-refractivity contribution in [3.8, 4) is 0 Å². The minimum Gasteiger partial charge on any atom is -0.291 e. The number of nitrogens with one attached hydrogen (secondary N) is 1. The van der Waals surface area contributed by atoms with Gasteiger partial charge in [-0.05, 0) is 12.0 Å². The van der Waals surface area contributed by atoms with Gasteiger partial charge < -0.3 is 0 Å². The van der Waals surface area contributed by atoms with Crippen molar-refractivity contribution in [3.63, 3.8) is 0 Å². The van der Waals surface area contributed by atoms with Gasteiger partial charge in [-0.15, -0.1) is 0 Å². The highest BCUT2D eigenvalue weighted by molar-refractivity contribution is 6.09. The molecule has 0 spiro atoms. The number of hydrogen-bond acceptors (Lipinski definition) is 3. The molecule has 2 heterocycles. The molecule has 0 aliphatic carbocycles. The van der Waals surface area contributed by atoms with Crippen molar-refractivity contribution >= 4 is 28.4 Å². The molecule has 21 heavy (non-hydrogen) atoms. The number of fused-ring (bicyclic) bond motifs is 1. The molecule has 1 N–H and O–H groups in total. The standard InChI is InChI=1S/C16H17N3O2/c1-2-4-11-5-3-6-12-13(11)9-17-10-14(12)19-8-7-15(20)18-16(19)21/h3,5-6,9-10H,2,4,7-8H2,1H3,(H,18,20,21). The normalized spacial score (nSPS) is 15.4. The quantitative estimate of drug-likeness (QED) is 0.942. The number of benzene rings is 1. The molecule has 1 fully saturated rings. The first-order valence-corrected chi connectivity index (χ1v) is 7.17. The first-order valence-electron chi connectivity index (χ1n) is 7.17. The molecular formula is C16H17N3O2. The van der Waals surface area contributed by atoms with Crippen LogP contribution < -0.4 is 10.2 Å².